The molecule has 1 aromatic rings. The largest absolute Gasteiger partial charge is 0.354 e. The van der Waals surface area contributed by atoms with Gasteiger partial charge in [-0.2, -0.15) is 0 Å². The normalized spacial score (nSPS) is 17.0. The Hall–Kier alpha value is -1.88. The molecule has 0 saturated heterocycles. The third-order valence-corrected chi connectivity index (χ3v) is 3.63. The third kappa shape index (κ3) is 4.04. The lowest BCUT2D eigenvalue weighted by Crippen LogP contribution is -2.54. The van der Waals surface area contributed by atoms with Crippen LogP contribution in [-0.2, 0) is 4.79 Å². The molecule has 1 aliphatic rings. The van der Waals surface area contributed by atoms with Crippen molar-refractivity contribution in [2.75, 3.05) is 11.9 Å². The number of allylic oxidation sites excluding steroid dienone is 1. The number of hydrogen-bond donors (Lipinski definition) is 2. The first-order valence-electron chi connectivity index (χ1n) is 6.92. The maximum absolute atomic E-state index is 12.2. The molecule has 0 saturated carbocycles. The van der Waals surface area contributed by atoms with Crippen molar-refractivity contribution < 1.29 is 4.79 Å². The van der Waals surface area contributed by atoms with Gasteiger partial charge in [0.25, 0.3) is 0 Å². The SMILES string of the molecule is CC1=CC(C)(C)NC(=S)N1CC(=O)Nc1ccc(C)cc1. The molecule has 0 aromatic heterocycles. The molecule has 21 heavy (non-hydrogen) atoms. The molecule has 1 heterocycles. The number of carbonyl (C=O) groups excluding carboxylic acids is 1. The maximum Gasteiger partial charge on any atom is 0.244 e. The van der Waals surface area contributed by atoms with E-state index in [1.165, 1.54) is 0 Å². The van der Waals surface area contributed by atoms with Crippen molar-refractivity contribution in [2.45, 2.75) is 33.2 Å². The fourth-order valence-corrected chi connectivity index (χ4v) is 2.79. The van der Waals surface area contributed by atoms with Gasteiger partial charge in [0.05, 0.1) is 5.54 Å². The lowest BCUT2D eigenvalue weighted by Gasteiger charge is -2.37. The van der Waals surface area contributed by atoms with Crippen molar-refractivity contribution in [3.05, 3.63) is 41.6 Å². The van der Waals surface area contributed by atoms with Crippen LogP contribution in [0.15, 0.2) is 36.0 Å². The number of benzene rings is 1. The Morgan fingerprint density at radius 2 is 1.90 bits per heavy atom. The summed E-state index contributed by atoms with van der Waals surface area (Å²) >= 11 is 5.35. The van der Waals surface area contributed by atoms with Crippen molar-refractivity contribution in [3.63, 3.8) is 0 Å². The summed E-state index contributed by atoms with van der Waals surface area (Å²) in [6.45, 7) is 8.28. The van der Waals surface area contributed by atoms with Gasteiger partial charge in [0, 0.05) is 11.4 Å². The topological polar surface area (TPSA) is 44.4 Å². The number of rotatable bonds is 3. The van der Waals surface area contributed by atoms with E-state index in [9.17, 15) is 4.79 Å². The second kappa shape index (κ2) is 5.85. The summed E-state index contributed by atoms with van der Waals surface area (Å²) in [6, 6.07) is 7.73. The number of aryl methyl sites for hydroxylation is 1. The Morgan fingerprint density at radius 3 is 2.48 bits per heavy atom. The lowest BCUT2D eigenvalue weighted by molar-refractivity contribution is -0.116. The number of amides is 1. The molecule has 0 unspecified atom stereocenters. The highest BCUT2D eigenvalue weighted by molar-refractivity contribution is 7.80. The molecule has 0 spiro atoms. The first kappa shape index (κ1) is 15.5. The van der Waals surface area contributed by atoms with Gasteiger partial charge in [-0.05, 0) is 58.1 Å². The predicted molar refractivity (Wildman–Crippen MR) is 90.1 cm³/mol. The molecule has 5 heteroatoms. The molecule has 0 aliphatic carbocycles. The van der Waals surface area contributed by atoms with Gasteiger partial charge in [0.15, 0.2) is 5.11 Å². The number of nitrogens with one attached hydrogen (secondary N) is 2. The monoisotopic (exact) mass is 303 g/mol. The summed E-state index contributed by atoms with van der Waals surface area (Å²) < 4.78 is 0. The van der Waals surface area contributed by atoms with Gasteiger partial charge in [-0.15, -0.1) is 0 Å². The average Bonchev–Trinajstić information content (AvgIpc) is 2.36. The van der Waals surface area contributed by atoms with Crippen molar-refractivity contribution in [1.29, 1.82) is 0 Å². The van der Waals surface area contributed by atoms with Crippen molar-refractivity contribution in [1.82, 2.24) is 10.2 Å². The number of nitrogens with zero attached hydrogens (tertiary/aromatic N) is 1. The second-order valence-electron chi connectivity index (χ2n) is 5.94. The summed E-state index contributed by atoms with van der Waals surface area (Å²) in [5.74, 6) is -0.0875. The second-order valence-corrected chi connectivity index (χ2v) is 6.32. The number of hydrogen-bond acceptors (Lipinski definition) is 2. The van der Waals surface area contributed by atoms with E-state index in [2.05, 4.69) is 16.7 Å². The molecule has 0 radical (unpaired) electrons. The van der Waals surface area contributed by atoms with Crippen LogP contribution in [0.3, 0.4) is 0 Å². The summed E-state index contributed by atoms with van der Waals surface area (Å²) in [5.41, 5.74) is 2.77. The highest BCUT2D eigenvalue weighted by Crippen LogP contribution is 2.18. The molecular weight excluding hydrogens is 282 g/mol. The van der Waals surface area contributed by atoms with E-state index in [0.29, 0.717) is 5.11 Å². The predicted octanol–water partition coefficient (Wildman–Crippen LogP) is 2.81. The molecule has 0 fully saturated rings. The van der Waals surface area contributed by atoms with Crippen LogP contribution in [0.2, 0.25) is 0 Å². The van der Waals surface area contributed by atoms with Gasteiger partial charge in [0.1, 0.15) is 6.54 Å². The highest BCUT2D eigenvalue weighted by atomic mass is 32.1. The van der Waals surface area contributed by atoms with E-state index in [1.807, 2.05) is 56.9 Å². The molecule has 2 rings (SSSR count). The van der Waals surface area contributed by atoms with Gasteiger partial charge >= 0.3 is 0 Å². The van der Waals surface area contributed by atoms with Gasteiger partial charge < -0.3 is 15.5 Å². The molecule has 1 amide bonds. The number of thiocarbonyl (C=S) groups is 1. The first-order chi connectivity index (χ1) is 9.77. The van der Waals surface area contributed by atoms with E-state index in [0.717, 1.165) is 16.9 Å². The van der Waals surface area contributed by atoms with Crippen molar-refractivity contribution in [3.8, 4) is 0 Å². The van der Waals surface area contributed by atoms with Crippen LogP contribution in [0.4, 0.5) is 5.69 Å². The fraction of sp³-hybridized carbons (Fsp3) is 0.375. The Labute approximate surface area is 131 Å². The van der Waals surface area contributed by atoms with Crippen molar-refractivity contribution >= 4 is 28.9 Å². The quantitative estimate of drug-likeness (QED) is 0.843. The zero-order valence-corrected chi connectivity index (χ0v) is 13.7. The van der Waals surface area contributed by atoms with E-state index in [1.54, 1.807) is 0 Å². The van der Waals surface area contributed by atoms with Crippen LogP contribution < -0.4 is 10.6 Å². The minimum absolute atomic E-state index is 0.0875. The Morgan fingerprint density at radius 1 is 1.29 bits per heavy atom. The summed E-state index contributed by atoms with van der Waals surface area (Å²) in [4.78, 5) is 14.0. The van der Waals surface area contributed by atoms with E-state index in [4.69, 9.17) is 12.2 Å². The van der Waals surface area contributed by atoms with E-state index in [-0.39, 0.29) is 18.0 Å². The Bertz CT molecular complexity index is 590. The highest BCUT2D eigenvalue weighted by Gasteiger charge is 2.27. The standard InChI is InChI=1S/C16H21N3OS/c1-11-5-7-13(8-6-11)17-14(20)10-19-12(2)9-16(3,4)18-15(19)21/h5-9H,10H2,1-4H3,(H,17,20)(H,18,21). The molecule has 4 nitrogen and oxygen atoms in total. The summed E-state index contributed by atoms with van der Waals surface area (Å²) in [7, 11) is 0. The zero-order chi connectivity index (χ0) is 15.6. The number of anilines is 1. The summed E-state index contributed by atoms with van der Waals surface area (Å²) in [6.07, 6.45) is 2.07. The van der Waals surface area contributed by atoms with Crippen LogP contribution in [0.25, 0.3) is 0 Å². The Balaban J connectivity index is 2.02. The van der Waals surface area contributed by atoms with Crippen LogP contribution in [0.1, 0.15) is 26.3 Å². The third-order valence-electron chi connectivity index (χ3n) is 3.31. The first-order valence-corrected chi connectivity index (χ1v) is 7.33. The van der Waals surface area contributed by atoms with Crippen LogP contribution in [0.5, 0.6) is 0 Å². The smallest absolute Gasteiger partial charge is 0.244 e. The maximum atomic E-state index is 12.2. The minimum atomic E-state index is -0.175. The lowest BCUT2D eigenvalue weighted by atomic mass is 10.0. The molecule has 1 aliphatic heterocycles. The molecule has 2 N–H and O–H groups in total. The Kier molecular flexibility index (Phi) is 4.32. The van der Waals surface area contributed by atoms with E-state index < -0.39 is 0 Å². The van der Waals surface area contributed by atoms with Gasteiger partial charge in [0.2, 0.25) is 5.91 Å². The molecule has 112 valence electrons. The number of carbonyl (C=O) groups is 1. The van der Waals surface area contributed by atoms with Crippen LogP contribution in [-0.4, -0.2) is 28.0 Å². The molecular formula is C16H21N3OS. The minimum Gasteiger partial charge on any atom is -0.354 e. The molecule has 0 bridgehead atoms. The van der Waals surface area contributed by atoms with E-state index >= 15 is 0 Å². The van der Waals surface area contributed by atoms with Crippen LogP contribution >= 0.6 is 12.2 Å². The van der Waals surface area contributed by atoms with Gasteiger partial charge in [-0.3, -0.25) is 4.79 Å². The molecule has 0 atom stereocenters. The van der Waals surface area contributed by atoms with Gasteiger partial charge in [-0.25, -0.2) is 0 Å². The average molecular weight is 303 g/mol. The zero-order valence-electron chi connectivity index (χ0n) is 12.9. The summed E-state index contributed by atoms with van der Waals surface area (Å²) in [5, 5.41) is 6.68. The van der Waals surface area contributed by atoms with Crippen LogP contribution in [0, 0.1) is 6.92 Å². The van der Waals surface area contributed by atoms with Crippen molar-refractivity contribution in [2.24, 2.45) is 0 Å². The van der Waals surface area contributed by atoms with Gasteiger partial charge in [-0.1, -0.05) is 17.7 Å². The fourth-order valence-electron chi connectivity index (χ4n) is 2.32. The molecule has 1 aromatic carbocycles.